The van der Waals surface area contributed by atoms with Crippen LogP contribution >= 0.6 is 11.6 Å². The van der Waals surface area contributed by atoms with Crippen LogP contribution in [-0.4, -0.2) is 10.2 Å². The first-order valence-corrected chi connectivity index (χ1v) is 2.96. The SMILES string of the molecule is O=c1[nH]nccc1CCl. The number of hydrogen-bond donors (Lipinski definition) is 1. The summed E-state index contributed by atoms with van der Waals surface area (Å²) in [4.78, 5) is 10.6. The van der Waals surface area contributed by atoms with E-state index < -0.39 is 0 Å². The van der Waals surface area contributed by atoms with Gasteiger partial charge in [0.1, 0.15) is 0 Å². The van der Waals surface area contributed by atoms with Gasteiger partial charge in [-0.2, -0.15) is 5.10 Å². The van der Waals surface area contributed by atoms with Gasteiger partial charge in [0.25, 0.3) is 5.56 Å². The Hall–Kier alpha value is -0.830. The van der Waals surface area contributed by atoms with Crippen molar-refractivity contribution in [3.8, 4) is 0 Å². The zero-order chi connectivity index (χ0) is 6.69. The van der Waals surface area contributed by atoms with Crippen LogP contribution in [0.4, 0.5) is 0 Å². The fourth-order valence-electron chi connectivity index (χ4n) is 0.476. The second-order valence-electron chi connectivity index (χ2n) is 1.54. The molecule has 0 atom stereocenters. The largest absolute Gasteiger partial charge is 0.268 e. The highest BCUT2D eigenvalue weighted by atomic mass is 35.5. The van der Waals surface area contributed by atoms with E-state index in [1.807, 2.05) is 0 Å². The van der Waals surface area contributed by atoms with Gasteiger partial charge in [-0.05, 0) is 6.07 Å². The lowest BCUT2D eigenvalue weighted by atomic mass is 10.3. The molecule has 48 valence electrons. The van der Waals surface area contributed by atoms with Gasteiger partial charge in [0, 0.05) is 11.8 Å². The highest BCUT2D eigenvalue weighted by Gasteiger charge is 1.92. The standard InChI is InChI=1S/C5H5ClN2O/c6-3-4-1-2-7-8-5(4)9/h1-2H,3H2,(H,8,9). The molecular weight excluding hydrogens is 140 g/mol. The highest BCUT2D eigenvalue weighted by molar-refractivity contribution is 6.17. The summed E-state index contributed by atoms with van der Waals surface area (Å²) in [5, 5.41) is 5.76. The van der Waals surface area contributed by atoms with Crippen molar-refractivity contribution < 1.29 is 0 Å². The van der Waals surface area contributed by atoms with Crippen LogP contribution < -0.4 is 5.56 Å². The second kappa shape index (κ2) is 2.64. The van der Waals surface area contributed by atoms with E-state index in [-0.39, 0.29) is 11.4 Å². The fraction of sp³-hybridized carbons (Fsp3) is 0.200. The predicted octanol–water partition coefficient (Wildman–Crippen LogP) is 0.509. The molecule has 0 aliphatic carbocycles. The van der Waals surface area contributed by atoms with Crippen LogP contribution in [0.3, 0.4) is 0 Å². The van der Waals surface area contributed by atoms with E-state index in [4.69, 9.17) is 11.6 Å². The molecule has 4 heteroatoms. The molecule has 0 saturated carbocycles. The zero-order valence-corrected chi connectivity index (χ0v) is 5.35. The van der Waals surface area contributed by atoms with Gasteiger partial charge in [-0.25, -0.2) is 5.10 Å². The van der Waals surface area contributed by atoms with Gasteiger partial charge in [0.15, 0.2) is 0 Å². The van der Waals surface area contributed by atoms with E-state index in [0.717, 1.165) is 0 Å². The highest BCUT2D eigenvalue weighted by Crippen LogP contribution is 1.91. The molecule has 1 aromatic rings. The fourth-order valence-corrected chi connectivity index (χ4v) is 0.686. The van der Waals surface area contributed by atoms with Gasteiger partial charge in [-0.15, -0.1) is 11.6 Å². The summed E-state index contributed by atoms with van der Waals surface area (Å²) in [5.41, 5.74) is 0.333. The Bertz CT molecular complexity index is 245. The monoisotopic (exact) mass is 144 g/mol. The third kappa shape index (κ3) is 1.29. The van der Waals surface area contributed by atoms with Gasteiger partial charge < -0.3 is 0 Å². The van der Waals surface area contributed by atoms with Crippen LogP contribution in [0.2, 0.25) is 0 Å². The number of aromatic nitrogens is 2. The molecule has 1 heterocycles. The number of rotatable bonds is 1. The van der Waals surface area contributed by atoms with Crippen LogP contribution in [0.1, 0.15) is 5.56 Å². The molecule has 9 heavy (non-hydrogen) atoms. The Morgan fingerprint density at radius 3 is 3.00 bits per heavy atom. The molecule has 1 aromatic heterocycles. The molecule has 0 spiro atoms. The molecule has 1 rings (SSSR count). The van der Waals surface area contributed by atoms with Crippen molar-refractivity contribution in [2.24, 2.45) is 0 Å². The van der Waals surface area contributed by atoms with Crippen molar-refractivity contribution in [1.29, 1.82) is 0 Å². The lowest BCUT2D eigenvalue weighted by Gasteiger charge is -1.87. The van der Waals surface area contributed by atoms with Gasteiger partial charge in [0.2, 0.25) is 0 Å². The van der Waals surface area contributed by atoms with Crippen LogP contribution in [0.5, 0.6) is 0 Å². The number of nitrogens with zero attached hydrogens (tertiary/aromatic N) is 1. The van der Waals surface area contributed by atoms with Crippen LogP contribution in [0.25, 0.3) is 0 Å². The van der Waals surface area contributed by atoms with E-state index >= 15 is 0 Å². The Kier molecular flexibility index (Phi) is 1.85. The summed E-state index contributed by atoms with van der Waals surface area (Å²) in [6.45, 7) is 0. The summed E-state index contributed by atoms with van der Waals surface area (Å²) < 4.78 is 0. The number of aromatic amines is 1. The summed E-state index contributed by atoms with van der Waals surface area (Å²) in [5.74, 6) is 0.234. The molecule has 1 N–H and O–H groups in total. The van der Waals surface area contributed by atoms with Crippen molar-refractivity contribution in [3.63, 3.8) is 0 Å². The molecule has 3 nitrogen and oxygen atoms in total. The Morgan fingerprint density at radius 1 is 1.78 bits per heavy atom. The first-order valence-electron chi connectivity index (χ1n) is 2.43. The number of H-pyrrole nitrogens is 1. The molecule has 0 aliphatic rings. The van der Waals surface area contributed by atoms with E-state index in [1.54, 1.807) is 6.07 Å². The number of nitrogens with one attached hydrogen (secondary N) is 1. The average molecular weight is 145 g/mol. The quantitative estimate of drug-likeness (QED) is 0.584. The minimum Gasteiger partial charge on any atom is -0.268 e. The van der Waals surface area contributed by atoms with Crippen molar-refractivity contribution >= 4 is 11.6 Å². The molecular formula is C5H5ClN2O. The molecule has 0 aliphatic heterocycles. The zero-order valence-electron chi connectivity index (χ0n) is 4.60. The topological polar surface area (TPSA) is 45.8 Å². The molecule has 0 amide bonds. The Labute approximate surface area is 56.7 Å². The summed E-state index contributed by atoms with van der Waals surface area (Å²) in [7, 11) is 0. The average Bonchev–Trinajstić information content (AvgIpc) is 1.89. The van der Waals surface area contributed by atoms with E-state index in [9.17, 15) is 4.79 Å². The van der Waals surface area contributed by atoms with E-state index in [1.165, 1.54) is 6.20 Å². The predicted molar refractivity (Wildman–Crippen MR) is 34.4 cm³/mol. The lowest BCUT2D eigenvalue weighted by Crippen LogP contribution is -2.11. The maximum atomic E-state index is 10.6. The van der Waals surface area contributed by atoms with Gasteiger partial charge in [0.05, 0.1) is 5.88 Å². The van der Waals surface area contributed by atoms with Gasteiger partial charge in [-0.3, -0.25) is 4.79 Å². The van der Waals surface area contributed by atoms with Crippen LogP contribution in [-0.2, 0) is 5.88 Å². The van der Waals surface area contributed by atoms with Crippen LogP contribution in [0, 0.1) is 0 Å². The summed E-state index contributed by atoms with van der Waals surface area (Å²) in [6.07, 6.45) is 1.50. The third-order valence-electron chi connectivity index (χ3n) is 0.952. The first-order chi connectivity index (χ1) is 4.34. The molecule has 0 bridgehead atoms. The minimum atomic E-state index is -0.215. The number of alkyl halides is 1. The maximum Gasteiger partial charge on any atom is 0.268 e. The Balaban J connectivity index is 3.16. The molecule has 0 saturated heterocycles. The Morgan fingerprint density at radius 2 is 2.56 bits per heavy atom. The summed E-state index contributed by atoms with van der Waals surface area (Å²) >= 11 is 5.38. The number of hydrogen-bond acceptors (Lipinski definition) is 2. The van der Waals surface area contributed by atoms with Crippen molar-refractivity contribution in [2.45, 2.75) is 5.88 Å². The molecule has 0 unspecified atom stereocenters. The van der Waals surface area contributed by atoms with Crippen molar-refractivity contribution in [3.05, 3.63) is 28.2 Å². The van der Waals surface area contributed by atoms with Crippen LogP contribution in [0.15, 0.2) is 17.1 Å². The second-order valence-corrected chi connectivity index (χ2v) is 1.81. The molecule has 0 radical (unpaired) electrons. The minimum absolute atomic E-state index is 0.215. The first kappa shape index (κ1) is 6.29. The molecule has 0 aromatic carbocycles. The lowest BCUT2D eigenvalue weighted by molar-refractivity contribution is 0.964. The molecule has 0 fully saturated rings. The van der Waals surface area contributed by atoms with E-state index in [2.05, 4.69) is 10.2 Å². The third-order valence-corrected chi connectivity index (χ3v) is 1.24. The van der Waals surface area contributed by atoms with Gasteiger partial charge in [-0.1, -0.05) is 0 Å². The van der Waals surface area contributed by atoms with Crippen molar-refractivity contribution in [1.82, 2.24) is 10.2 Å². The maximum absolute atomic E-state index is 10.6. The van der Waals surface area contributed by atoms with Crippen molar-refractivity contribution in [2.75, 3.05) is 0 Å². The number of halogens is 1. The summed E-state index contributed by atoms with van der Waals surface area (Å²) in [6, 6.07) is 1.59. The normalized spacial score (nSPS) is 9.44. The smallest absolute Gasteiger partial charge is 0.268 e. The van der Waals surface area contributed by atoms with E-state index in [0.29, 0.717) is 5.56 Å². The van der Waals surface area contributed by atoms with Gasteiger partial charge >= 0.3 is 0 Å².